The van der Waals surface area contributed by atoms with Gasteiger partial charge in [-0.15, -0.1) is 11.3 Å². The number of hydrogen-bond donors (Lipinski definition) is 2. The lowest BCUT2D eigenvalue weighted by atomic mass is 9.88. The number of likely N-dealkylation sites (tertiary alicyclic amines) is 1. The Morgan fingerprint density at radius 3 is 2.66 bits per heavy atom. The van der Waals surface area contributed by atoms with Crippen LogP contribution in [-0.2, 0) is 12.6 Å². The number of fused-ring (bicyclic) bond motifs is 1. The largest absolute Gasteiger partial charge is 0.383 e. The van der Waals surface area contributed by atoms with Gasteiger partial charge in [0.25, 0.3) is 5.91 Å². The number of piperidine rings is 1. The summed E-state index contributed by atoms with van der Waals surface area (Å²) in [7, 11) is 1.83. The first kappa shape index (κ1) is 21.0. The zero-order chi connectivity index (χ0) is 22.1. The maximum Gasteiger partial charge on any atom is 0.253 e. The van der Waals surface area contributed by atoms with Gasteiger partial charge in [-0.3, -0.25) is 9.48 Å². The summed E-state index contributed by atoms with van der Waals surface area (Å²) in [5.41, 5.74) is 4.28. The summed E-state index contributed by atoms with van der Waals surface area (Å²) < 4.78 is 6.20. The number of hydrogen-bond acceptors (Lipinski definition) is 7. The zero-order valence-electron chi connectivity index (χ0n) is 17.6. The van der Waals surface area contributed by atoms with Gasteiger partial charge < -0.3 is 14.7 Å². The fourth-order valence-corrected chi connectivity index (χ4v) is 5.62. The van der Waals surface area contributed by atoms with E-state index in [0.717, 1.165) is 26.5 Å². The fourth-order valence-electron chi connectivity index (χ4n) is 4.09. The van der Waals surface area contributed by atoms with Crippen molar-refractivity contribution in [3.8, 4) is 0 Å². The molecule has 3 heterocycles. The van der Waals surface area contributed by atoms with Crippen LogP contribution in [0.25, 0.3) is 10.2 Å². The molecule has 7 nitrogen and oxygen atoms in total. The van der Waals surface area contributed by atoms with E-state index < -0.39 is 5.60 Å². The molecule has 0 spiro atoms. The highest BCUT2D eigenvalue weighted by Crippen LogP contribution is 2.33. The number of thiazole rings is 1. The molecule has 1 saturated heterocycles. The van der Waals surface area contributed by atoms with Gasteiger partial charge in [0, 0.05) is 37.6 Å². The van der Waals surface area contributed by atoms with E-state index in [-0.39, 0.29) is 5.91 Å². The topological polar surface area (TPSA) is 83.3 Å². The molecule has 1 fully saturated rings. The van der Waals surface area contributed by atoms with Crippen molar-refractivity contribution in [3.63, 3.8) is 0 Å². The summed E-state index contributed by atoms with van der Waals surface area (Å²) in [6.45, 7) is 1.02. The highest BCUT2D eigenvalue weighted by molar-refractivity contribution is 8.00. The number of carbonyl (C=O) groups is 1. The molecule has 0 aliphatic carbocycles. The molecular formula is C23H23N5O2S2. The second kappa shape index (κ2) is 8.57. The Kier molecular flexibility index (Phi) is 5.62. The molecule has 32 heavy (non-hydrogen) atoms. The van der Waals surface area contributed by atoms with Crippen molar-refractivity contribution >= 4 is 45.1 Å². The molecule has 0 saturated carbocycles. The van der Waals surface area contributed by atoms with Crippen molar-refractivity contribution in [2.45, 2.75) is 23.3 Å². The molecule has 0 bridgehead atoms. The smallest absolute Gasteiger partial charge is 0.253 e. The van der Waals surface area contributed by atoms with Crippen LogP contribution in [0.4, 0.5) is 5.69 Å². The number of amides is 1. The first-order valence-electron chi connectivity index (χ1n) is 10.4. The molecular weight excluding hydrogens is 442 g/mol. The first-order valence-corrected chi connectivity index (χ1v) is 12.1. The average molecular weight is 466 g/mol. The van der Waals surface area contributed by atoms with Crippen LogP contribution in [0.3, 0.4) is 0 Å². The number of benzene rings is 2. The molecule has 1 aliphatic heterocycles. The minimum Gasteiger partial charge on any atom is -0.383 e. The van der Waals surface area contributed by atoms with Crippen LogP contribution < -0.4 is 4.72 Å². The van der Waals surface area contributed by atoms with Crippen LogP contribution in [0.1, 0.15) is 28.9 Å². The van der Waals surface area contributed by atoms with Gasteiger partial charge in [0.15, 0.2) is 0 Å². The van der Waals surface area contributed by atoms with Gasteiger partial charge in [0.1, 0.15) is 5.60 Å². The van der Waals surface area contributed by atoms with Crippen molar-refractivity contribution in [1.29, 1.82) is 0 Å². The van der Waals surface area contributed by atoms with Crippen molar-refractivity contribution < 1.29 is 9.90 Å². The Balaban J connectivity index is 1.20. The Morgan fingerprint density at radius 1 is 1.16 bits per heavy atom. The summed E-state index contributed by atoms with van der Waals surface area (Å²) in [5, 5.41) is 15.2. The monoisotopic (exact) mass is 465 g/mol. The summed E-state index contributed by atoms with van der Waals surface area (Å²) in [4.78, 5) is 20.3. The van der Waals surface area contributed by atoms with Crippen molar-refractivity contribution in [1.82, 2.24) is 19.7 Å². The predicted molar refractivity (Wildman–Crippen MR) is 128 cm³/mol. The molecule has 5 rings (SSSR count). The van der Waals surface area contributed by atoms with Gasteiger partial charge in [0.2, 0.25) is 0 Å². The van der Waals surface area contributed by atoms with Crippen LogP contribution in [0.15, 0.2) is 65.1 Å². The van der Waals surface area contributed by atoms with Crippen molar-refractivity contribution in [2.75, 3.05) is 17.8 Å². The number of aryl methyl sites for hydroxylation is 1. The van der Waals surface area contributed by atoms with Gasteiger partial charge in [-0.05, 0) is 67.3 Å². The second-order valence-electron chi connectivity index (χ2n) is 7.90. The van der Waals surface area contributed by atoms with Gasteiger partial charge in [-0.2, -0.15) is 5.10 Å². The number of anilines is 1. The second-order valence-corrected chi connectivity index (χ2v) is 9.63. The molecule has 1 amide bonds. The third kappa shape index (κ3) is 3.99. The zero-order valence-corrected chi connectivity index (χ0v) is 19.2. The third-order valence-corrected chi connectivity index (χ3v) is 7.59. The van der Waals surface area contributed by atoms with Gasteiger partial charge >= 0.3 is 0 Å². The van der Waals surface area contributed by atoms with Crippen molar-refractivity contribution in [3.05, 3.63) is 71.5 Å². The molecule has 1 aliphatic rings. The van der Waals surface area contributed by atoms with Gasteiger partial charge in [-0.25, -0.2) is 4.98 Å². The maximum absolute atomic E-state index is 13.0. The standard InChI is InChI=1S/C23H23N5O2S2/c1-27-20(9-12-25-27)23(30)10-13-28(14-11-23)22(29)16-5-7-17(8-6-16)26-32-19-4-2-3-18-21(19)24-15-31-18/h2-9,12,15,26,30H,10-11,13-14H2,1H3. The van der Waals surface area contributed by atoms with E-state index in [1.165, 1.54) is 11.9 Å². The van der Waals surface area contributed by atoms with E-state index in [0.29, 0.717) is 31.5 Å². The Hall–Kier alpha value is -2.88. The molecule has 2 N–H and O–H groups in total. The Bertz CT molecular complexity index is 1240. The number of aromatic nitrogens is 3. The van der Waals surface area contributed by atoms with Crippen LogP contribution in [0, 0.1) is 0 Å². The molecule has 9 heteroatoms. The van der Waals surface area contributed by atoms with Crippen LogP contribution in [-0.4, -0.2) is 43.8 Å². The number of rotatable bonds is 5. The molecule has 2 aromatic carbocycles. The lowest BCUT2D eigenvalue weighted by Gasteiger charge is -2.38. The number of aliphatic hydroxyl groups is 1. The summed E-state index contributed by atoms with van der Waals surface area (Å²) >= 11 is 3.14. The lowest BCUT2D eigenvalue weighted by Crippen LogP contribution is -2.45. The van der Waals surface area contributed by atoms with E-state index in [4.69, 9.17) is 0 Å². The molecule has 4 aromatic rings. The lowest BCUT2D eigenvalue weighted by molar-refractivity contribution is -0.0270. The minimum atomic E-state index is -0.937. The molecule has 0 radical (unpaired) electrons. The third-order valence-electron chi connectivity index (χ3n) is 5.91. The van der Waals surface area contributed by atoms with E-state index in [2.05, 4.69) is 20.9 Å². The highest BCUT2D eigenvalue weighted by atomic mass is 32.2. The molecule has 0 unspecified atom stereocenters. The molecule has 0 atom stereocenters. The SMILES string of the molecule is Cn1nccc1C1(O)CCN(C(=O)c2ccc(NSc3cccc4scnc34)cc2)CC1. The van der Waals surface area contributed by atoms with Gasteiger partial charge in [-0.1, -0.05) is 6.07 Å². The summed E-state index contributed by atoms with van der Waals surface area (Å²) in [5.74, 6) is -0.0106. The molecule has 164 valence electrons. The predicted octanol–water partition coefficient (Wildman–Crippen LogP) is 4.27. The van der Waals surface area contributed by atoms with Gasteiger partial charge in [0.05, 0.1) is 26.3 Å². The first-order chi connectivity index (χ1) is 15.5. The molecule has 2 aromatic heterocycles. The van der Waals surface area contributed by atoms with E-state index >= 15 is 0 Å². The fraction of sp³-hybridized carbons (Fsp3) is 0.261. The van der Waals surface area contributed by atoms with Crippen LogP contribution in [0.5, 0.6) is 0 Å². The van der Waals surface area contributed by atoms with Crippen LogP contribution >= 0.6 is 23.3 Å². The van der Waals surface area contributed by atoms with E-state index in [1.807, 2.05) is 59.9 Å². The summed E-state index contributed by atoms with van der Waals surface area (Å²) in [6, 6.07) is 15.5. The summed E-state index contributed by atoms with van der Waals surface area (Å²) in [6.07, 6.45) is 2.68. The number of nitrogens with one attached hydrogen (secondary N) is 1. The Morgan fingerprint density at radius 2 is 1.94 bits per heavy atom. The minimum absolute atomic E-state index is 0.0106. The highest BCUT2D eigenvalue weighted by Gasteiger charge is 2.37. The Labute approximate surface area is 194 Å². The maximum atomic E-state index is 13.0. The number of nitrogens with zero attached hydrogens (tertiary/aromatic N) is 4. The van der Waals surface area contributed by atoms with E-state index in [1.54, 1.807) is 22.2 Å². The van der Waals surface area contributed by atoms with Crippen LogP contribution in [0.2, 0.25) is 0 Å². The van der Waals surface area contributed by atoms with Crippen molar-refractivity contribution in [2.24, 2.45) is 7.05 Å². The normalized spacial score (nSPS) is 15.8. The van der Waals surface area contributed by atoms with E-state index in [9.17, 15) is 9.90 Å². The number of carbonyl (C=O) groups excluding carboxylic acids is 1. The average Bonchev–Trinajstić information content (AvgIpc) is 3.47. The quantitative estimate of drug-likeness (QED) is 0.428. The number of para-hydroxylation sites is 1.